The molecule has 0 aliphatic heterocycles. The lowest BCUT2D eigenvalue weighted by Crippen LogP contribution is -2.38. The molecule has 1 aliphatic carbocycles. The summed E-state index contributed by atoms with van der Waals surface area (Å²) in [6, 6.07) is 2.22. The molecule has 0 unspecified atom stereocenters. The predicted molar refractivity (Wildman–Crippen MR) is 77.5 cm³/mol. The van der Waals surface area contributed by atoms with E-state index < -0.39 is 0 Å². The van der Waals surface area contributed by atoms with Gasteiger partial charge in [-0.3, -0.25) is 5.41 Å². The van der Waals surface area contributed by atoms with Gasteiger partial charge >= 0.3 is 0 Å². The fourth-order valence-corrected chi connectivity index (χ4v) is 2.64. The summed E-state index contributed by atoms with van der Waals surface area (Å²) in [5, 5.41) is 7.49. The largest absolute Gasteiger partial charge is 0.382 e. The minimum Gasteiger partial charge on any atom is -0.382 e. The monoisotopic (exact) mass is 261 g/mol. The Kier molecular flexibility index (Phi) is 4.35. The van der Waals surface area contributed by atoms with Crippen molar-refractivity contribution in [3.63, 3.8) is 0 Å². The van der Waals surface area contributed by atoms with Crippen LogP contribution in [0.5, 0.6) is 0 Å². The summed E-state index contributed by atoms with van der Waals surface area (Å²) >= 11 is 0. The fourth-order valence-electron chi connectivity index (χ4n) is 2.64. The molecule has 1 heterocycles. The smallest absolute Gasteiger partial charge is 0.226 e. The van der Waals surface area contributed by atoms with Crippen molar-refractivity contribution in [1.29, 1.82) is 5.41 Å². The van der Waals surface area contributed by atoms with E-state index in [0.717, 1.165) is 6.54 Å². The van der Waals surface area contributed by atoms with Gasteiger partial charge in [0.05, 0.1) is 0 Å². The van der Waals surface area contributed by atoms with Crippen molar-refractivity contribution in [2.75, 3.05) is 11.4 Å². The number of nitrogens with zero attached hydrogens (tertiary/aromatic N) is 3. The molecule has 2 rings (SSSR count). The van der Waals surface area contributed by atoms with E-state index in [1.807, 2.05) is 0 Å². The van der Waals surface area contributed by atoms with Gasteiger partial charge in [0, 0.05) is 18.8 Å². The Labute approximate surface area is 114 Å². The van der Waals surface area contributed by atoms with E-state index >= 15 is 0 Å². The molecule has 0 saturated heterocycles. The van der Waals surface area contributed by atoms with Crippen molar-refractivity contribution in [3.8, 4) is 0 Å². The Balaban J connectivity index is 2.25. The second-order valence-electron chi connectivity index (χ2n) is 5.64. The molecule has 19 heavy (non-hydrogen) atoms. The van der Waals surface area contributed by atoms with E-state index in [2.05, 4.69) is 28.7 Å². The van der Waals surface area contributed by atoms with Gasteiger partial charge in [-0.1, -0.05) is 26.7 Å². The average molecular weight is 261 g/mol. The molecule has 0 spiro atoms. The summed E-state index contributed by atoms with van der Waals surface area (Å²) in [6.07, 6.45) is 6.68. The highest BCUT2D eigenvalue weighted by atomic mass is 15.3. The molecule has 1 aromatic rings. The topological polar surface area (TPSA) is 78.9 Å². The van der Waals surface area contributed by atoms with E-state index in [9.17, 15) is 0 Å². The van der Waals surface area contributed by atoms with E-state index in [1.165, 1.54) is 25.7 Å². The standard InChI is InChI=1S/C14H23N5/c1-10(2)9-19(11-5-3-4-6-11)14-17-8-7-12(18-14)13(15)16/h7-8,10-11H,3-6,9H2,1-2H3,(H3,15,16). The first-order chi connectivity index (χ1) is 9.08. The lowest BCUT2D eigenvalue weighted by Gasteiger charge is -2.30. The number of rotatable bonds is 5. The van der Waals surface area contributed by atoms with Gasteiger partial charge < -0.3 is 10.6 Å². The highest BCUT2D eigenvalue weighted by Gasteiger charge is 2.25. The van der Waals surface area contributed by atoms with Gasteiger partial charge in [-0.25, -0.2) is 9.97 Å². The molecule has 0 amide bonds. The summed E-state index contributed by atoms with van der Waals surface area (Å²) in [5.41, 5.74) is 6.02. The molecular weight excluding hydrogens is 238 g/mol. The van der Waals surface area contributed by atoms with Crippen LogP contribution in [0, 0.1) is 11.3 Å². The molecule has 0 atom stereocenters. The zero-order valence-corrected chi connectivity index (χ0v) is 11.8. The third-order valence-electron chi connectivity index (χ3n) is 3.50. The van der Waals surface area contributed by atoms with Crippen LogP contribution in [0.2, 0.25) is 0 Å². The third-order valence-corrected chi connectivity index (χ3v) is 3.50. The SMILES string of the molecule is CC(C)CN(c1nccc(C(=N)N)n1)C1CCCC1. The maximum Gasteiger partial charge on any atom is 0.226 e. The normalized spacial score (nSPS) is 15.9. The Morgan fingerprint density at radius 1 is 1.47 bits per heavy atom. The molecule has 1 fully saturated rings. The zero-order chi connectivity index (χ0) is 13.8. The Bertz CT molecular complexity index is 437. The van der Waals surface area contributed by atoms with Crippen LogP contribution < -0.4 is 10.6 Å². The number of nitrogens with two attached hydrogens (primary N) is 1. The number of anilines is 1. The minimum atomic E-state index is -0.000399. The number of nitrogens with one attached hydrogen (secondary N) is 1. The maximum atomic E-state index is 7.49. The highest BCUT2D eigenvalue weighted by Crippen LogP contribution is 2.27. The van der Waals surface area contributed by atoms with Crippen LogP contribution in [0.4, 0.5) is 5.95 Å². The van der Waals surface area contributed by atoms with Crippen LogP contribution in [0.1, 0.15) is 45.2 Å². The van der Waals surface area contributed by atoms with Gasteiger partial charge in [0.25, 0.3) is 0 Å². The van der Waals surface area contributed by atoms with Crippen LogP contribution in [0.25, 0.3) is 0 Å². The second kappa shape index (κ2) is 5.99. The molecule has 1 aliphatic rings. The van der Waals surface area contributed by atoms with Gasteiger partial charge in [-0.15, -0.1) is 0 Å². The van der Waals surface area contributed by atoms with Gasteiger partial charge in [-0.05, 0) is 24.8 Å². The average Bonchev–Trinajstić information content (AvgIpc) is 2.89. The van der Waals surface area contributed by atoms with Crippen LogP contribution in [0.15, 0.2) is 12.3 Å². The molecule has 1 aromatic heterocycles. The first-order valence-corrected chi connectivity index (χ1v) is 7.02. The first kappa shape index (κ1) is 13.8. The zero-order valence-electron chi connectivity index (χ0n) is 11.8. The second-order valence-corrected chi connectivity index (χ2v) is 5.64. The van der Waals surface area contributed by atoms with Crippen molar-refractivity contribution < 1.29 is 0 Å². The van der Waals surface area contributed by atoms with Crippen molar-refractivity contribution in [2.45, 2.75) is 45.6 Å². The number of hydrogen-bond donors (Lipinski definition) is 2. The Hall–Kier alpha value is -1.65. The number of nitrogen functional groups attached to an aromatic ring is 1. The summed E-state index contributed by atoms with van der Waals surface area (Å²) in [6.45, 7) is 5.36. The van der Waals surface area contributed by atoms with Crippen molar-refractivity contribution in [2.24, 2.45) is 11.7 Å². The molecule has 5 heteroatoms. The molecule has 5 nitrogen and oxygen atoms in total. The maximum absolute atomic E-state index is 7.49. The van der Waals surface area contributed by atoms with Gasteiger partial charge in [0.2, 0.25) is 5.95 Å². The highest BCUT2D eigenvalue weighted by molar-refractivity contribution is 5.93. The van der Waals surface area contributed by atoms with Gasteiger partial charge in [0.15, 0.2) is 0 Å². The summed E-state index contributed by atoms with van der Waals surface area (Å²) in [7, 11) is 0. The van der Waals surface area contributed by atoms with Gasteiger partial charge in [-0.2, -0.15) is 0 Å². The molecule has 0 bridgehead atoms. The van der Waals surface area contributed by atoms with Crippen molar-refractivity contribution in [3.05, 3.63) is 18.0 Å². The van der Waals surface area contributed by atoms with E-state index in [1.54, 1.807) is 12.3 Å². The number of amidine groups is 1. The molecule has 104 valence electrons. The summed E-state index contributed by atoms with van der Waals surface area (Å²) < 4.78 is 0. The first-order valence-electron chi connectivity index (χ1n) is 7.02. The molecule has 3 N–H and O–H groups in total. The van der Waals surface area contributed by atoms with Crippen LogP contribution in [-0.4, -0.2) is 28.4 Å². The lowest BCUT2D eigenvalue weighted by atomic mass is 10.1. The Morgan fingerprint density at radius 2 is 2.16 bits per heavy atom. The van der Waals surface area contributed by atoms with Crippen molar-refractivity contribution in [1.82, 2.24) is 9.97 Å². The van der Waals surface area contributed by atoms with Crippen LogP contribution in [0.3, 0.4) is 0 Å². The molecule has 0 radical (unpaired) electrons. The number of hydrogen-bond acceptors (Lipinski definition) is 4. The van der Waals surface area contributed by atoms with Gasteiger partial charge in [0.1, 0.15) is 11.5 Å². The molecule has 1 saturated carbocycles. The fraction of sp³-hybridized carbons (Fsp3) is 0.643. The third kappa shape index (κ3) is 3.43. The molecule has 0 aromatic carbocycles. The van der Waals surface area contributed by atoms with E-state index in [4.69, 9.17) is 11.1 Å². The quantitative estimate of drug-likeness (QED) is 0.629. The lowest BCUT2D eigenvalue weighted by molar-refractivity contribution is 0.525. The van der Waals surface area contributed by atoms with Crippen molar-refractivity contribution >= 4 is 11.8 Å². The minimum absolute atomic E-state index is 0.000399. The van der Waals surface area contributed by atoms with E-state index in [-0.39, 0.29) is 5.84 Å². The Morgan fingerprint density at radius 3 is 2.74 bits per heavy atom. The summed E-state index contributed by atoms with van der Waals surface area (Å²) in [5.74, 6) is 1.28. The van der Waals surface area contributed by atoms with Crippen LogP contribution in [-0.2, 0) is 0 Å². The van der Waals surface area contributed by atoms with Crippen LogP contribution >= 0.6 is 0 Å². The number of aromatic nitrogens is 2. The summed E-state index contributed by atoms with van der Waals surface area (Å²) in [4.78, 5) is 11.1. The van der Waals surface area contributed by atoms with E-state index in [0.29, 0.717) is 23.6 Å². The molecular formula is C14H23N5. The predicted octanol–water partition coefficient (Wildman–Crippen LogP) is 2.17.